The number of H-pyrrole nitrogens is 1. The topological polar surface area (TPSA) is 66.1 Å². The van der Waals surface area contributed by atoms with Crippen LogP contribution in [0.4, 0.5) is 0 Å². The Balaban J connectivity index is 2.04. The van der Waals surface area contributed by atoms with Gasteiger partial charge in [-0.1, -0.05) is 6.08 Å². The van der Waals surface area contributed by atoms with E-state index in [1.165, 1.54) is 0 Å². The number of carbonyl (C=O) groups is 1. The summed E-state index contributed by atoms with van der Waals surface area (Å²) in [5, 5.41) is 4.05. The molecule has 1 N–H and O–H groups in total. The van der Waals surface area contributed by atoms with Crippen molar-refractivity contribution < 1.29 is 4.79 Å². The van der Waals surface area contributed by atoms with Crippen LogP contribution in [0.15, 0.2) is 34.3 Å². The van der Waals surface area contributed by atoms with E-state index >= 15 is 0 Å². The monoisotopic (exact) mass is 331 g/mol. The Hall–Kier alpha value is -2.21. The highest BCUT2D eigenvalue weighted by molar-refractivity contribution is 7.07. The van der Waals surface area contributed by atoms with Gasteiger partial charge in [0.25, 0.3) is 0 Å². The molecule has 2 aromatic rings. The van der Waals surface area contributed by atoms with E-state index in [0.29, 0.717) is 31.6 Å². The molecular weight excluding hydrogens is 310 g/mol. The molecular formula is C17H21N3O2S. The number of rotatable bonds is 7. The van der Waals surface area contributed by atoms with Crippen LogP contribution in [0.25, 0.3) is 0 Å². The molecule has 23 heavy (non-hydrogen) atoms. The summed E-state index contributed by atoms with van der Waals surface area (Å²) < 4.78 is 0. The number of nitrogens with zero attached hydrogens (tertiary/aromatic N) is 2. The quantitative estimate of drug-likeness (QED) is 0.793. The third-order valence-electron chi connectivity index (χ3n) is 3.70. The first kappa shape index (κ1) is 17.1. The molecule has 0 fully saturated rings. The molecule has 0 bridgehead atoms. The van der Waals surface area contributed by atoms with Crippen molar-refractivity contribution in [3.05, 3.63) is 62.5 Å². The Morgan fingerprint density at radius 3 is 2.87 bits per heavy atom. The first-order valence-electron chi connectivity index (χ1n) is 7.47. The van der Waals surface area contributed by atoms with Gasteiger partial charge in [0, 0.05) is 30.9 Å². The number of aryl methyl sites for hydroxylation is 2. The van der Waals surface area contributed by atoms with Gasteiger partial charge >= 0.3 is 5.69 Å². The first-order chi connectivity index (χ1) is 11.0. The van der Waals surface area contributed by atoms with Crippen LogP contribution < -0.4 is 5.69 Å². The minimum atomic E-state index is -0.346. The second-order valence-corrected chi connectivity index (χ2v) is 6.21. The van der Waals surface area contributed by atoms with Crippen LogP contribution in [0.1, 0.15) is 28.9 Å². The summed E-state index contributed by atoms with van der Waals surface area (Å²) in [5.74, 6) is 0.0705. The SMILES string of the molecule is C=CCN(Cc1ccsc1)C(=O)CCc1c(C)nc(=O)[nH]c1C. The number of aromatic amines is 1. The van der Waals surface area contributed by atoms with Gasteiger partial charge in [0.05, 0.1) is 0 Å². The van der Waals surface area contributed by atoms with Crippen molar-refractivity contribution >= 4 is 17.2 Å². The van der Waals surface area contributed by atoms with Crippen molar-refractivity contribution in [3.63, 3.8) is 0 Å². The second kappa shape index (κ2) is 7.87. The zero-order valence-electron chi connectivity index (χ0n) is 13.5. The molecule has 1 amide bonds. The second-order valence-electron chi connectivity index (χ2n) is 5.43. The summed E-state index contributed by atoms with van der Waals surface area (Å²) in [6.07, 6.45) is 2.69. The third-order valence-corrected chi connectivity index (χ3v) is 4.43. The molecule has 0 aliphatic carbocycles. The molecule has 0 spiro atoms. The lowest BCUT2D eigenvalue weighted by molar-refractivity contribution is -0.131. The molecule has 2 rings (SSSR count). The van der Waals surface area contributed by atoms with Gasteiger partial charge in [-0.25, -0.2) is 4.79 Å². The van der Waals surface area contributed by atoms with Crippen LogP contribution >= 0.6 is 11.3 Å². The molecule has 0 saturated carbocycles. The Labute approximate surface area is 139 Å². The van der Waals surface area contributed by atoms with E-state index in [4.69, 9.17) is 0 Å². The molecule has 0 aliphatic rings. The number of hydrogen-bond acceptors (Lipinski definition) is 4. The predicted molar refractivity (Wildman–Crippen MR) is 92.6 cm³/mol. The highest BCUT2D eigenvalue weighted by Gasteiger charge is 2.15. The summed E-state index contributed by atoms with van der Waals surface area (Å²) in [6.45, 7) is 8.48. The van der Waals surface area contributed by atoms with Crippen LogP contribution in [0.3, 0.4) is 0 Å². The summed E-state index contributed by atoms with van der Waals surface area (Å²) in [4.78, 5) is 32.2. The Morgan fingerprint density at radius 2 is 2.26 bits per heavy atom. The fourth-order valence-electron chi connectivity index (χ4n) is 2.53. The van der Waals surface area contributed by atoms with E-state index in [2.05, 4.69) is 16.5 Å². The van der Waals surface area contributed by atoms with Crippen LogP contribution in [-0.2, 0) is 17.8 Å². The average Bonchev–Trinajstić information content (AvgIpc) is 2.98. The lowest BCUT2D eigenvalue weighted by Gasteiger charge is -2.21. The summed E-state index contributed by atoms with van der Waals surface area (Å²) in [6, 6.07) is 2.02. The van der Waals surface area contributed by atoms with Gasteiger partial charge in [0.1, 0.15) is 0 Å². The van der Waals surface area contributed by atoms with Crippen LogP contribution in [-0.4, -0.2) is 27.3 Å². The van der Waals surface area contributed by atoms with Crippen molar-refractivity contribution in [1.29, 1.82) is 0 Å². The smallest absolute Gasteiger partial charge is 0.335 e. The largest absolute Gasteiger partial charge is 0.345 e. The Kier molecular flexibility index (Phi) is 5.87. The molecule has 0 saturated heterocycles. The maximum Gasteiger partial charge on any atom is 0.345 e. The molecule has 122 valence electrons. The minimum absolute atomic E-state index is 0.0705. The van der Waals surface area contributed by atoms with Gasteiger partial charge < -0.3 is 9.88 Å². The van der Waals surface area contributed by atoms with E-state index in [1.807, 2.05) is 23.8 Å². The van der Waals surface area contributed by atoms with Gasteiger partial charge in [-0.3, -0.25) is 4.79 Å². The van der Waals surface area contributed by atoms with E-state index in [0.717, 1.165) is 16.8 Å². The Bertz CT molecular complexity index is 709. The van der Waals surface area contributed by atoms with Gasteiger partial charge in [-0.05, 0) is 48.2 Å². The fourth-order valence-corrected chi connectivity index (χ4v) is 3.19. The van der Waals surface area contributed by atoms with Crippen LogP contribution in [0.2, 0.25) is 0 Å². The molecule has 2 heterocycles. The number of aromatic nitrogens is 2. The standard InChI is InChI=1S/C17H21N3O2S/c1-4-8-20(10-14-7-9-23-11-14)16(21)6-5-15-12(2)18-17(22)19-13(15)3/h4,7,9,11H,1,5-6,8,10H2,2-3H3,(H,18,19,22). The van der Waals surface area contributed by atoms with Crippen molar-refractivity contribution in [1.82, 2.24) is 14.9 Å². The van der Waals surface area contributed by atoms with Crippen molar-refractivity contribution in [2.45, 2.75) is 33.2 Å². The molecule has 2 aromatic heterocycles. The minimum Gasteiger partial charge on any atom is -0.335 e. The van der Waals surface area contributed by atoms with E-state index < -0.39 is 0 Å². The molecule has 0 unspecified atom stereocenters. The van der Waals surface area contributed by atoms with Gasteiger partial charge in [0.2, 0.25) is 5.91 Å². The van der Waals surface area contributed by atoms with E-state index in [1.54, 1.807) is 29.2 Å². The molecule has 5 nitrogen and oxygen atoms in total. The number of nitrogens with one attached hydrogen (secondary N) is 1. The summed E-state index contributed by atoms with van der Waals surface area (Å²) >= 11 is 1.62. The predicted octanol–water partition coefficient (Wildman–Crippen LogP) is 2.60. The van der Waals surface area contributed by atoms with Crippen molar-refractivity contribution in [2.24, 2.45) is 0 Å². The van der Waals surface area contributed by atoms with E-state index in [9.17, 15) is 9.59 Å². The van der Waals surface area contributed by atoms with Crippen molar-refractivity contribution in [3.8, 4) is 0 Å². The number of carbonyl (C=O) groups excluding carboxylic acids is 1. The van der Waals surface area contributed by atoms with Gasteiger partial charge in [0.15, 0.2) is 0 Å². The van der Waals surface area contributed by atoms with Crippen LogP contribution in [0.5, 0.6) is 0 Å². The van der Waals surface area contributed by atoms with E-state index in [-0.39, 0.29) is 11.6 Å². The van der Waals surface area contributed by atoms with Crippen molar-refractivity contribution in [2.75, 3.05) is 6.54 Å². The fraction of sp³-hybridized carbons (Fsp3) is 0.353. The lowest BCUT2D eigenvalue weighted by Crippen LogP contribution is -2.31. The number of thiophene rings is 1. The zero-order chi connectivity index (χ0) is 16.8. The maximum atomic E-state index is 12.5. The van der Waals surface area contributed by atoms with Gasteiger partial charge in [-0.2, -0.15) is 16.3 Å². The number of hydrogen-bond donors (Lipinski definition) is 1. The maximum absolute atomic E-state index is 12.5. The highest BCUT2D eigenvalue weighted by Crippen LogP contribution is 2.14. The lowest BCUT2D eigenvalue weighted by atomic mass is 10.1. The third kappa shape index (κ3) is 4.63. The molecule has 0 radical (unpaired) electrons. The number of amides is 1. The summed E-state index contributed by atoms with van der Waals surface area (Å²) in [7, 11) is 0. The molecule has 0 atom stereocenters. The molecule has 0 aromatic carbocycles. The first-order valence-corrected chi connectivity index (χ1v) is 8.41. The van der Waals surface area contributed by atoms with Gasteiger partial charge in [-0.15, -0.1) is 6.58 Å². The highest BCUT2D eigenvalue weighted by atomic mass is 32.1. The average molecular weight is 331 g/mol. The normalized spacial score (nSPS) is 10.5. The van der Waals surface area contributed by atoms with Crippen LogP contribution in [0, 0.1) is 13.8 Å². The molecule has 0 aliphatic heterocycles. The Morgan fingerprint density at radius 1 is 1.48 bits per heavy atom. The molecule has 6 heteroatoms. The zero-order valence-corrected chi connectivity index (χ0v) is 14.3. The summed E-state index contributed by atoms with van der Waals surface area (Å²) in [5.41, 5.74) is 3.19.